The first-order valence-corrected chi connectivity index (χ1v) is 5.84. The number of allylic oxidation sites excluding steroid dienone is 1. The molecule has 0 saturated carbocycles. The van der Waals surface area contributed by atoms with E-state index < -0.39 is 0 Å². The van der Waals surface area contributed by atoms with Gasteiger partial charge in [-0.2, -0.15) is 5.26 Å². The van der Waals surface area contributed by atoms with Crippen LogP contribution in [0.1, 0.15) is 11.1 Å². The van der Waals surface area contributed by atoms with Crippen molar-refractivity contribution in [2.24, 2.45) is 0 Å². The van der Waals surface area contributed by atoms with Crippen LogP contribution < -0.4 is 4.74 Å². The number of nitriles is 1. The van der Waals surface area contributed by atoms with Crippen LogP contribution in [0.3, 0.4) is 0 Å². The van der Waals surface area contributed by atoms with Gasteiger partial charge in [0.15, 0.2) is 0 Å². The zero-order valence-corrected chi connectivity index (χ0v) is 10.1. The fourth-order valence-electron chi connectivity index (χ4n) is 1.94. The fraction of sp³-hybridized carbons (Fsp3) is 0. The summed E-state index contributed by atoms with van der Waals surface area (Å²) in [4.78, 5) is 0. The van der Waals surface area contributed by atoms with Crippen LogP contribution in [0.2, 0.25) is 5.02 Å². The Morgan fingerprint density at radius 2 is 1.89 bits per heavy atom. The molecule has 0 amide bonds. The number of hydrogen-bond acceptors (Lipinski definition) is 2. The van der Waals surface area contributed by atoms with E-state index in [0.717, 1.165) is 16.9 Å². The molecule has 2 aromatic carbocycles. The van der Waals surface area contributed by atoms with Gasteiger partial charge in [0.05, 0.1) is 11.6 Å². The first-order valence-electron chi connectivity index (χ1n) is 5.46. The molecule has 3 rings (SSSR count). The summed E-state index contributed by atoms with van der Waals surface area (Å²) in [6.45, 7) is 0. The molecule has 0 atom stereocenters. The topological polar surface area (TPSA) is 33.0 Å². The molecule has 2 nitrogen and oxygen atoms in total. The molecule has 3 heteroatoms. The van der Waals surface area contributed by atoms with Gasteiger partial charge in [-0.1, -0.05) is 29.8 Å². The van der Waals surface area contributed by atoms with Crippen LogP contribution in [-0.4, -0.2) is 0 Å². The molecule has 0 aliphatic carbocycles. The van der Waals surface area contributed by atoms with Crippen molar-refractivity contribution in [1.29, 1.82) is 5.26 Å². The highest BCUT2D eigenvalue weighted by molar-refractivity contribution is 6.30. The highest BCUT2D eigenvalue weighted by atomic mass is 35.5. The highest BCUT2D eigenvalue weighted by Gasteiger charge is 2.16. The lowest BCUT2D eigenvalue weighted by molar-refractivity contribution is 0.481. The summed E-state index contributed by atoms with van der Waals surface area (Å²) in [7, 11) is 0. The van der Waals surface area contributed by atoms with E-state index in [4.69, 9.17) is 16.3 Å². The molecule has 0 saturated heterocycles. The molecule has 1 aliphatic heterocycles. The maximum absolute atomic E-state index is 9.26. The summed E-state index contributed by atoms with van der Waals surface area (Å²) in [5, 5.41) is 9.85. The predicted molar refractivity (Wildman–Crippen MR) is 71.5 cm³/mol. The molecule has 0 radical (unpaired) electrons. The van der Waals surface area contributed by atoms with E-state index in [1.54, 1.807) is 18.2 Å². The minimum atomic E-state index is 0.553. The van der Waals surface area contributed by atoms with Crippen LogP contribution in [0.4, 0.5) is 0 Å². The maximum atomic E-state index is 9.26. The molecule has 0 N–H and O–H groups in total. The lowest BCUT2D eigenvalue weighted by atomic mass is 10.0. The largest absolute Gasteiger partial charge is 0.456 e. The Morgan fingerprint density at radius 3 is 2.72 bits per heavy atom. The molecule has 0 fully saturated rings. The molecular formula is C15H8ClNO. The van der Waals surface area contributed by atoms with Gasteiger partial charge in [0, 0.05) is 16.1 Å². The second kappa shape index (κ2) is 4.21. The number of halogens is 1. The molecule has 1 aliphatic rings. The second-order valence-corrected chi connectivity index (χ2v) is 4.39. The molecule has 0 bridgehead atoms. The molecule has 86 valence electrons. The SMILES string of the molecule is N#CC1=Cc2ccccc2Oc2ccc(Cl)cc21. The normalized spacial score (nSPS) is 12.3. The molecular weight excluding hydrogens is 246 g/mol. The summed E-state index contributed by atoms with van der Waals surface area (Å²) in [5.74, 6) is 1.39. The molecule has 0 unspecified atom stereocenters. The van der Waals surface area contributed by atoms with E-state index in [1.807, 2.05) is 30.3 Å². The number of fused-ring (bicyclic) bond motifs is 2. The Balaban J connectivity index is 2.29. The van der Waals surface area contributed by atoms with Gasteiger partial charge in [0.2, 0.25) is 0 Å². The van der Waals surface area contributed by atoms with Gasteiger partial charge in [-0.05, 0) is 30.3 Å². The van der Waals surface area contributed by atoms with E-state index >= 15 is 0 Å². The number of ether oxygens (including phenoxy) is 1. The summed E-state index contributed by atoms with van der Waals surface area (Å²) in [5.41, 5.74) is 2.17. The zero-order valence-electron chi connectivity index (χ0n) is 9.35. The van der Waals surface area contributed by atoms with Crippen molar-refractivity contribution in [3.8, 4) is 17.6 Å². The Hall–Kier alpha value is -2.24. The standard InChI is InChI=1S/C15H8ClNO/c16-12-5-6-15-13(8-12)11(9-17)7-10-3-1-2-4-14(10)18-15/h1-8H. The number of rotatable bonds is 0. The summed E-state index contributed by atoms with van der Waals surface area (Å²) in [6.07, 6.45) is 1.82. The first-order chi connectivity index (χ1) is 8.78. The molecule has 0 aromatic heterocycles. The monoisotopic (exact) mass is 253 g/mol. The van der Waals surface area contributed by atoms with Crippen molar-refractivity contribution in [3.63, 3.8) is 0 Å². The van der Waals surface area contributed by atoms with Crippen LogP contribution in [0.5, 0.6) is 11.5 Å². The first kappa shape index (κ1) is 10.9. The fourth-order valence-corrected chi connectivity index (χ4v) is 2.11. The lowest BCUT2D eigenvalue weighted by Gasteiger charge is -2.08. The Labute approximate surface area is 110 Å². The highest BCUT2D eigenvalue weighted by Crippen LogP contribution is 2.38. The average Bonchev–Trinajstić information content (AvgIpc) is 2.54. The number of nitrogens with zero attached hydrogens (tertiary/aromatic N) is 1. The molecule has 0 spiro atoms. The third-order valence-electron chi connectivity index (χ3n) is 2.79. The van der Waals surface area contributed by atoms with Crippen molar-refractivity contribution >= 4 is 23.3 Å². The van der Waals surface area contributed by atoms with Crippen LogP contribution in [0.25, 0.3) is 11.6 Å². The predicted octanol–water partition coefficient (Wildman–Crippen LogP) is 4.51. The van der Waals surface area contributed by atoms with Gasteiger partial charge >= 0.3 is 0 Å². The Kier molecular flexibility index (Phi) is 2.55. The van der Waals surface area contributed by atoms with E-state index in [0.29, 0.717) is 16.3 Å². The van der Waals surface area contributed by atoms with Gasteiger partial charge < -0.3 is 4.74 Å². The third-order valence-corrected chi connectivity index (χ3v) is 3.03. The Morgan fingerprint density at radius 1 is 1.06 bits per heavy atom. The number of para-hydroxylation sites is 1. The molecule has 1 heterocycles. The van der Waals surface area contributed by atoms with Crippen LogP contribution in [0, 0.1) is 11.3 Å². The van der Waals surface area contributed by atoms with Gasteiger partial charge in [-0.25, -0.2) is 0 Å². The van der Waals surface area contributed by atoms with Crippen molar-refractivity contribution in [2.75, 3.05) is 0 Å². The van der Waals surface area contributed by atoms with Crippen molar-refractivity contribution in [1.82, 2.24) is 0 Å². The minimum Gasteiger partial charge on any atom is -0.456 e. The van der Waals surface area contributed by atoms with Gasteiger partial charge in [0.1, 0.15) is 11.5 Å². The van der Waals surface area contributed by atoms with Crippen LogP contribution in [-0.2, 0) is 0 Å². The van der Waals surface area contributed by atoms with E-state index in [9.17, 15) is 5.26 Å². The summed E-state index contributed by atoms with van der Waals surface area (Å²) >= 11 is 5.97. The van der Waals surface area contributed by atoms with E-state index in [-0.39, 0.29) is 0 Å². The number of benzene rings is 2. The number of hydrogen-bond donors (Lipinski definition) is 0. The van der Waals surface area contributed by atoms with E-state index in [1.165, 1.54) is 0 Å². The maximum Gasteiger partial charge on any atom is 0.136 e. The minimum absolute atomic E-state index is 0.553. The average molecular weight is 254 g/mol. The van der Waals surface area contributed by atoms with Crippen molar-refractivity contribution in [3.05, 3.63) is 58.6 Å². The van der Waals surface area contributed by atoms with Gasteiger partial charge in [-0.15, -0.1) is 0 Å². The third kappa shape index (κ3) is 1.75. The van der Waals surface area contributed by atoms with Crippen LogP contribution >= 0.6 is 11.6 Å². The summed E-state index contributed by atoms with van der Waals surface area (Å²) in [6, 6.07) is 15.1. The Bertz CT molecular complexity index is 698. The second-order valence-electron chi connectivity index (χ2n) is 3.95. The van der Waals surface area contributed by atoms with Gasteiger partial charge in [0.25, 0.3) is 0 Å². The lowest BCUT2D eigenvalue weighted by Crippen LogP contribution is -1.88. The van der Waals surface area contributed by atoms with Crippen molar-refractivity contribution < 1.29 is 4.74 Å². The van der Waals surface area contributed by atoms with E-state index in [2.05, 4.69) is 6.07 Å². The smallest absolute Gasteiger partial charge is 0.136 e. The van der Waals surface area contributed by atoms with Crippen LogP contribution in [0.15, 0.2) is 42.5 Å². The molecule has 2 aromatic rings. The quantitative estimate of drug-likeness (QED) is 0.692. The molecule has 18 heavy (non-hydrogen) atoms. The summed E-state index contributed by atoms with van der Waals surface area (Å²) < 4.78 is 5.83. The zero-order chi connectivity index (χ0) is 12.5. The van der Waals surface area contributed by atoms with Gasteiger partial charge in [-0.3, -0.25) is 0 Å². The van der Waals surface area contributed by atoms with Crippen molar-refractivity contribution in [2.45, 2.75) is 0 Å².